The van der Waals surface area contributed by atoms with Gasteiger partial charge in [0.05, 0.1) is 0 Å². The molecule has 0 spiro atoms. The Morgan fingerprint density at radius 3 is 2.71 bits per heavy atom. The van der Waals surface area contributed by atoms with E-state index in [-0.39, 0.29) is 5.82 Å². The van der Waals surface area contributed by atoms with Gasteiger partial charge in [-0.05, 0) is 54.7 Å². The van der Waals surface area contributed by atoms with Gasteiger partial charge < -0.3 is 5.32 Å². The fourth-order valence-corrected chi connectivity index (χ4v) is 3.19. The number of hydrogen-bond acceptors (Lipinski definition) is 1. The van der Waals surface area contributed by atoms with Gasteiger partial charge in [-0.1, -0.05) is 22.0 Å². The summed E-state index contributed by atoms with van der Waals surface area (Å²) in [7, 11) is 0. The highest BCUT2D eigenvalue weighted by Gasteiger charge is 2.53. The van der Waals surface area contributed by atoms with Gasteiger partial charge in [0.2, 0.25) is 0 Å². The van der Waals surface area contributed by atoms with Crippen LogP contribution >= 0.6 is 15.9 Å². The molecular formula is C14H17BrFN. The summed E-state index contributed by atoms with van der Waals surface area (Å²) >= 11 is 3.40. The molecule has 3 rings (SSSR count). The molecule has 1 aromatic carbocycles. The average Bonchev–Trinajstić information content (AvgIpc) is 3.14. The number of benzene rings is 1. The molecule has 0 aliphatic heterocycles. The maximum atomic E-state index is 12.9. The van der Waals surface area contributed by atoms with Crippen LogP contribution < -0.4 is 5.32 Å². The van der Waals surface area contributed by atoms with Crippen LogP contribution in [-0.2, 0) is 6.54 Å². The van der Waals surface area contributed by atoms with Gasteiger partial charge >= 0.3 is 0 Å². The first-order valence-electron chi connectivity index (χ1n) is 6.34. The monoisotopic (exact) mass is 297 g/mol. The molecule has 1 aromatic rings. The first kappa shape index (κ1) is 11.7. The van der Waals surface area contributed by atoms with E-state index in [2.05, 4.69) is 21.2 Å². The van der Waals surface area contributed by atoms with Crippen LogP contribution in [0.5, 0.6) is 0 Å². The summed E-state index contributed by atoms with van der Waals surface area (Å²) in [4.78, 5) is 0. The summed E-state index contributed by atoms with van der Waals surface area (Å²) in [6.45, 7) is 1.96. The SMILES string of the molecule is Fc1ccc(CNCC2(C3CC3)CC2)c(Br)c1. The molecule has 92 valence electrons. The predicted octanol–water partition coefficient (Wildman–Crippen LogP) is 3.87. The normalized spacial score (nSPS) is 21.5. The van der Waals surface area contributed by atoms with Crippen LogP contribution in [0.15, 0.2) is 22.7 Å². The number of halogens is 2. The molecule has 17 heavy (non-hydrogen) atoms. The Kier molecular flexibility index (Phi) is 2.99. The van der Waals surface area contributed by atoms with Crippen molar-refractivity contribution in [2.45, 2.75) is 32.2 Å². The summed E-state index contributed by atoms with van der Waals surface area (Å²) in [5.41, 5.74) is 1.77. The minimum absolute atomic E-state index is 0.183. The van der Waals surface area contributed by atoms with Gasteiger partial charge in [-0.3, -0.25) is 0 Å². The lowest BCUT2D eigenvalue weighted by Gasteiger charge is -2.15. The van der Waals surface area contributed by atoms with Crippen molar-refractivity contribution in [2.24, 2.45) is 11.3 Å². The average molecular weight is 298 g/mol. The third kappa shape index (κ3) is 2.55. The molecular weight excluding hydrogens is 281 g/mol. The molecule has 2 saturated carbocycles. The standard InChI is InChI=1S/C14H17BrFN/c15-13-7-12(16)4-1-10(13)8-17-9-14(5-6-14)11-2-3-11/h1,4,7,11,17H,2-3,5-6,8-9H2. The Bertz CT molecular complexity index is 424. The molecule has 2 aliphatic rings. The third-order valence-corrected chi connectivity index (χ3v) is 4.88. The Labute approximate surface area is 110 Å². The fourth-order valence-electron chi connectivity index (χ4n) is 2.70. The second-order valence-electron chi connectivity index (χ2n) is 5.48. The van der Waals surface area contributed by atoms with Crippen molar-refractivity contribution in [3.63, 3.8) is 0 Å². The second kappa shape index (κ2) is 4.36. The topological polar surface area (TPSA) is 12.0 Å². The van der Waals surface area contributed by atoms with E-state index < -0.39 is 0 Å². The molecule has 0 saturated heterocycles. The lowest BCUT2D eigenvalue weighted by Crippen LogP contribution is -2.25. The highest BCUT2D eigenvalue weighted by atomic mass is 79.9. The van der Waals surface area contributed by atoms with Crippen LogP contribution in [-0.4, -0.2) is 6.54 Å². The van der Waals surface area contributed by atoms with Gasteiger partial charge in [-0.2, -0.15) is 0 Å². The molecule has 0 bridgehead atoms. The van der Waals surface area contributed by atoms with Crippen LogP contribution in [0.3, 0.4) is 0 Å². The molecule has 0 amide bonds. The molecule has 3 heteroatoms. The summed E-state index contributed by atoms with van der Waals surface area (Å²) in [5.74, 6) is 0.809. The zero-order valence-corrected chi connectivity index (χ0v) is 11.4. The van der Waals surface area contributed by atoms with Gasteiger partial charge in [-0.15, -0.1) is 0 Å². The van der Waals surface area contributed by atoms with E-state index >= 15 is 0 Å². The van der Waals surface area contributed by atoms with Crippen molar-refractivity contribution < 1.29 is 4.39 Å². The van der Waals surface area contributed by atoms with E-state index in [0.29, 0.717) is 5.41 Å². The fraction of sp³-hybridized carbons (Fsp3) is 0.571. The van der Waals surface area contributed by atoms with Crippen molar-refractivity contribution in [3.8, 4) is 0 Å². The highest BCUT2D eigenvalue weighted by Crippen LogP contribution is 2.60. The lowest BCUT2D eigenvalue weighted by atomic mass is 10.0. The predicted molar refractivity (Wildman–Crippen MR) is 70.2 cm³/mol. The largest absolute Gasteiger partial charge is 0.312 e. The van der Waals surface area contributed by atoms with E-state index in [4.69, 9.17) is 0 Å². The summed E-state index contributed by atoms with van der Waals surface area (Å²) in [5, 5.41) is 3.53. The smallest absolute Gasteiger partial charge is 0.124 e. The zero-order chi connectivity index (χ0) is 11.9. The molecule has 0 atom stereocenters. The van der Waals surface area contributed by atoms with Crippen molar-refractivity contribution in [1.29, 1.82) is 0 Å². The van der Waals surface area contributed by atoms with Crippen LogP contribution in [0, 0.1) is 17.2 Å². The maximum Gasteiger partial charge on any atom is 0.124 e. The molecule has 0 radical (unpaired) electrons. The quantitative estimate of drug-likeness (QED) is 0.870. The summed E-state index contributed by atoms with van der Waals surface area (Å²) < 4.78 is 13.8. The van der Waals surface area contributed by atoms with Crippen molar-refractivity contribution in [2.75, 3.05) is 6.54 Å². The van der Waals surface area contributed by atoms with Crippen LogP contribution in [0.4, 0.5) is 4.39 Å². The Morgan fingerprint density at radius 2 is 2.12 bits per heavy atom. The molecule has 0 heterocycles. The lowest BCUT2D eigenvalue weighted by molar-refractivity contribution is 0.403. The van der Waals surface area contributed by atoms with Crippen molar-refractivity contribution in [3.05, 3.63) is 34.1 Å². The first-order valence-corrected chi connectivity index (χ1v) is 7.14. The molecule has 0 unspecified atom stereocenters. The Morgan fingerprint density at radius 1 is 1.35 bits per heavy atom. The van der Waals surface area contributed by atoms with Crippen molar-refractivity contribution in [1.82, 2.24) is 5.32 Å². The molecule has 1 N–H and O–H groups in total. The molecule has 2 aliphatic carbocycles. The Balaban J connectivity index is 1.53. The molecule has 2 fully saturated rings. The number of hydrogen-bond donors (Lipinski definition) is 1. The second-order valence-corrected chi connectivity index (χ2v) is 6.33. The number of nitrogens with one attached hydrogen (secondary N) is 1. The van der Waals surface area contributed by atoms with Gasteiger partial charge in [0.1, 0.15) is 5.82 Å². The molecule has 0 aromatic heterocycles. The Hall–Kier alpha value is -0.410. The van der Waals surface area contributed by atoms with Gasteiger partial charge in [0.15, 0.2) is 0 Å². The molecule has 1 nitrogen and oxygen atoms in total. The van der Waals surface area contributed by atoms with E-state index in [1.165, 1.54) is 37.8 Å². The van der Waals surface area contributed by atoms with E-state index in [1.807, 2.05) is 6.07 Å². The van der Waals surface area contributed by atoms with Gasteiger partial charge in [-0.25, -0.2) is 4.39 Å². The van der Waals surface area contributed by atoms with E-state index in [1.54, 1.807) is 0 Å². The highest BCUT2D eigenvalue weighted by molar-refractivity contribution is 9.10. The van der Waals surface area contributed by atoms with Crippen LogP contribution in [0.2, 0.25) is 0 Å². The number of rotatable bonds is 5. The summed E-state index contributed by atoms with van der Waals surface area (Å²) in [6.07, 6.45) is 5.66. The van der Waals surface area contributed by atoms with E-state index in [9.17, 15) is 4.39 Å². The van der Waals surface area contributed by atoms with Gasteiger partial charge in [0, 0.05) is 17.6 Å². The zero-order valence-electron chi connectivity index (χ0n) is 9.81. The van der Waals surface area contributed by atoms with Crippen LogP contribution in [0.1, 0.15) is 31.2 Å². The maximum absolute atomic E-state index is 12.9. The van der Waals surface area contributed by atoms with Crippen molar-refractivity contribution >= 4 is 15.9 Å². The first-order chi connectivity index (χ1) is 8.20. The summed E-state index contributed by atoms with van der Waals surface area (Å²) in [6, 6.07) is 4.91. The minimum Gasteiger partial charge on any atom is -0.312 e. The third-order valence-electron chi connectivity index (χ3n) is 4.14. The van der Waals surface area contributed by atoms with E-state index in [0.717, 1.165) is 29.0 Å². The van der Waals surface area contributed by atoms with Crippen LogP contribution in [0.25, 0.3) is 0 Å². The van der Waals surface area contributed by atoms with Gasteiger partial charge in [0.25, 0.3) is 0 Å². The minimum atomic E-state index is -0.183.